The first-order valence-corrected chi connectivity index (χ1v) is 13.8. The van der Waals surface area contributed by atoms with Crippen molar-refractivity contribution in [2.24, 2.45) is 0 Å². The van der Waals surface area contributed by atoms with Gasteiger partial charge in [-0.3, -0.25) is 9.36 Å². The number of thioether (sulfide) groups is 1. The Hall–Kier alpha value is -3.31. The molecule has 0 radical (unpaired) electrons. The number of aliphatic carboxylic acids is 1. The second-order valence-corrected chi connectivity index (χ2v) is 10.2. The Morgan fingerprint density at radius 2 is 1.36 bits per heavy atom. The minimum atomic E-state index is -0.779. The lowest BCUT2D eigenvalue weighted by atomic mass is 10.0. The summed E-state index contributed by atoms with van der Waals surface area (Å²) in [5, 5.41) is 10.2. The monoisotopic (exact) mass is 498 g/mol. The van der Waals surface area contributed by atoms with Gasteiger partial charge in [0.15, 0.2) is 5.16 Å². The molecule has 1 unspecified atom stereocenters. The van der Waals surface area contributed by atoms with Gasteiger partial charge in [-0.1, -0.05) is 136 Å². The average molecular weight is 499 g/mol. The quantitative estimate of drug-likeness (QED) is 0.148. The Morgan fingerprint density at radius 3 is 1.97 bits per heavy atom. The van der Waals surface area contributed by atoms with Crippen molar-refractivity contribution in [3.63, 3.8) is 0 Å². The summed E-state index contributed by atoms with van der Waals surface area (Å²) < 4.78 is 2.12. The highest BCUT2D eigenvalue weighted by atomic mass is 32.2. The number of hydrogen-bond donors (Lipinski definition) is 1. The maximum Gasteiger partial charge on any atom is 0.317 e. The third-order valence-electron chi connectivity index (χ3n) is 6.30. The zero-order valence-corrected chi connectivity index (χ0v) is 21.7. The van der Waals surface area contributed by atoms with Gasteiger partial charge in [-0.2, -0.15) is 0 Å². The number of carbonyl (C=O) groups is 1. The molecule has 0 saturated carbocycles. The molecule has 4 aromatic rings. The molecule has 5 heteroatoms. The van der Waals surface area contributed by atoms with Gasteiger partial charge in [-0.15, -0.1) is 0 Å². The van der Waals surface area contributed by atoms with E-state index in [-0.39, 0.29) is 0 Å². The Bertz CT molecular complexity index is 1220. The molecule has 0 saturated heterocycles. The van der Waals surface area contributed by atoms with Crippen molar-refractivity contribution in [3.05, 3.63) is 91.0 Å². The standard InChI is InChI=1S/C31H34N2O2S/c1-2-3-4-5-6-16-23-27(30(34)35)36-31-32-28(24-17-10-7-11-18-24)29(25-19-12-8-13-20-25)33(31)26-21-14-9-15-22-26/h7-15,17-22,27H,2-6,16,23H2,1H3,(H,34,35). The normalized spacial score (nSPS) is 11.9. The molecule has 1 heterocycles. The Kier molecular flexibility index (Phi) is 9.40. The molecule has 0 aliphatic heterocycles. The second-order valence-electron chi connectivity index (χ2n) is 9.00. The predicted octanol–water partition coefficient (Wildman–Crippen LogP) is 8.50. The smallest absolute Gasteiger partial charge is 0.317 e. The predicted molar refractivity (Wildman–Crippen MR) is 150 cm³/mol. The van der Waals surface area contributed by atoms with E-state index in [1.165, 1.54) is 37.4 Å². The van der Waals surface area contributed by atoms with Crippen LogP contribution in [0.1, 0.15) is 51.9 Å². The van der Waals surface area contributed by atoms with Crippen LogP contribution in [0.25, 0.3) is 28.2 Å². The molecule has 0 fully saturated rings. The summed E-state index contributed by atoms with van der Waals surface area (Å²) in [4.78, 5) is 17.4. The van der Waals surface area contributed by atoms with Crippen LogP contribution in [0, 0.1) is 0 Å². The number of unbranched alkanes of at least 4 members (excludes halogenated alkanes) is 5. The van der Waals surface area contributed by atoms with E-state index in [9.17, 15) is 9.90 Å². The molecule has 0 spiro atoms. The van der Waals surface area contributed by atoms with Crippen molar-refractivity contribution in [1.29, 1.82) is 0 Å². The van der Waals surface area contributed by atoms with Crippen LogP contribution in [0.2, 0.25) is 0 Å². The molecule has 0 aliphatic carbocycles. The fraction of sp³-hybridized carbons (Fsp3) is 0.290. The van der Waals surface area contributed by atoms with Gasteiger partial charge < -0.3 is 5.11 Å². The fourth-order valence-electron chi connectivity index (χ4n) is 4.43. The van der Waals surface area contributed by atoms with Crippen molar-refractivity contribution < 1.29 is 9.90 Å². The van der Waals surface area contributed by atoms with Gasteiger partial charge in [0.1, 0.15) is 5.25 Å². The SMILES string of the molecule is CCCCCCCCC(Sc1nc(-c2ccccc2)c(-c2ccccc2)n1-c1ccccc1)C(=O)O. The van der Waals surface area contributed by atoms with Crippen molar-refractivity contribution >= 4 is 17.7 Å². The third-order valence-corrected chi connectivity index (χ3v) is 7.50. The second kappa shape index (κ2) is 13.1. The zero-order chi connectivity index (χ0) is 25.2. The summed E-state index contributed by atoms with van der Waals surface area (Å²) in [6.07, 6.45) is 7.47. The van der Waals surface area contributed by atoms with E-state index in [4.69, 9.17) is 4.98 Å². The molecule has 36 heavy (non-hydrogen) atoms. The fourth-order valence-corrected chi connectivity index (χ4v) is 5.51. The number of nitrogens with zero attached hydrogens (tertiary/aromatic N) is 2. The third kappa shape index (κ3) is 6.46. The highest BCUT2D eigenvalue weighted by molar-refractivity contribution is 8.00. The van der Waals surface area contributed by atoms with Crippen LogP contribution in [-0.2, 0) is 4.79 Å². The molecule has 1 atom stereocenters. The first-order chi connectivity index (χ1) is 17.7. The van der Waals surface area contributed by atoms with E-state index < -0.39 is 11.2 Å². The lowest BCUT2D eigenvalue weighted by Crippen LogP contribution is -2.17. The number of rotatable bonds is 13. The summed E-state index contributed by atoms with van der Waals surface area (Å²) in [5.41, 5.74) is 4.85. The number of para-hydroxylation sites is 1. The molecule has 0 amide bonds. The van der Waals surface area contributed by atoms with E-state index in [1.54, 1.807) is 0 Å². The molecule has 4 nitrogen and oxygen atoms in total. The molecule has 0 aliphatic rings. The van der Waals surface area contributed by atoms with Crippen molar-refractivity contribution in [3.8, 4) is 28.2 Å². The summed E-state index contributed by atoms with van der Waals surface area (Å²) in [7, 11) is 0. The van der Waals surface area contributed by atoms with Crippen LogP contribution < -0.4 is 0 Å². The van der Waals surface area contributed by atoms with Crippen molar-refractivity contribution in [1.82, 2.24) is 9.55 Å². The van der Waals surface area contributed by atoms with Crippen LogP contribution in [0.3, 0.4) is 0 Å². The van der Waals surface area contributed by atoms with E-state index in [1.807, 2.05) is 54.6 Å². The molecule has 1 aromatic heterocycles. The summed E-state index contributed by atoms with van der Waals surface area (Å²) >= 11 is 1.36. The average Bonchev–Trinajstić information content (AvgIpc) is 3.30. The maximum absolute atomic E-state index is 12.3. The lowest BCUT2D eigenvalue weighted by Gasteiger charge is -2.16. The molecule has 186 valence electrons. The van der Waals surface area contributed by atoms with Gasteiger partial charge in [0.25, 0.3) is 0 Å². The van der Waals surface area contributed by atoms with E-state index in [0.717, 1.165) is 41.0 Å². The summed E-state index contributed by atoms with van der Waals surface area (Å²) in [6, 6.07) is 30.5. The minimum absolute atomic E-state index is 0.548. The van der Waals surface area contributed by atoms with Crippen molar-refractivity contribution in [2.75, 3.05) is 0 Å². The summed E-state index contributed by atoms with van der Waals surface area (Å²) in [5.74, 6) is -0.779. The van der Waals surface area contributed by atoms with Gasteiger partial charge in [0.2, 0.25) is 0 Å². The summed E-state index contributed by atoms with van der Waals surface area (Å²) in [6.45, 7) is 2.21. The minimum Gasteiger partial charge on any atom is -0.480 e. The number of carboxylic acids is 1. The maximum atomic E-state index is 12.3. The first kappa shape index (κ1) is 25.8. The topological polar surface area (TPSA) is 55.1 Å². The molecule has 3 aromatic carbocycles. The van der Waals surface area contributed by atoms with Crippen LogP contribution in [0.5, 0.6) is 0 Å². The van der Waals surface area contributed by atoms with E-state index in [0.29, 0.717) is 11.6 Å². The molecule has 1 N–H and O–H groups in total. The molecular formula is C31H34N2O2S. The number of hydrogen-bond acceptors (Lipinski definition) is 3. The van der Waals surface area contributed by atoms with Crippen LogP contribution in [0.15, 0.2) is 96.2 Å². The van der Waals surface area contributed by atoms with E-state index in [2.05, 4.69) is 47.9 Å². The Balaban J connectivity index is 1.75. The van der Waals surface area contributed by atoms with E-state index >= 15 is 0 Å². The number of benzene rings is 3. The highest BCUT2D eigenvalue weighted by Gasteiger charge is 2.26. The Morgan fingerprint density at radius 1 is 0.806 bits per heavy atom. The Labute approximate surface area is 218 Å². The highest BCUT2D eigenvalue weighted by Crippen LogP contribution is 2.39. The van der Waals surface area contributed by atoms with Gasteiger partial charge in [-0.25, -0.2) is 4.98 Å². The first-order valence-electron chi connectivity index (χ1n) is 12.9. The van der Waals surface area contributed by atoms with Crippen LogP contribution in [0.4, 0.5) is 0 Å². The van der Waals surface area contributed by atoms with Gasteiger partial charge in [0.05, 0.1) is 11.4 Å². The van der Waals surface area contributed by atoms with Gasteiger partial charge >= 0.3 is 5.97 Å². The number of imidazole rings is 1. The van der Waals surface area contributed by atoms with Crippen molar-refractivity contribution in [2.45, 2.75) is 62.3 Å². The van der Waals surface area contributed by atoms with Gasteiger partial charge in [0, 0.05) is 16.8 Å². The molecule has 4 rings (SSSR count). The zero-order valence-electron chi connectivity index (χ0n) is 20.8. The number of aromatic nitrogens is 2. The number of carboxylic acid groups (broad SMARTS) is 1. The largest absolute Gasteiger partial charge is 0.480 e. The van der Waals surface area contributed by atoms with Crippen LogP contribution in [-0.4, -0.2) is 25.9 Å². The lowest BCUT2D eigenvalue weighted by molar-refractivity contribution is -0.136. The van der Waals surface area contributed by atoms with Gasteiger partial charge in [-0.05, 0) is 18.6 Å². The van der Waals surface area contributed by atoms with Crippen LogP contribution >= 0.6 is 11.8 Å². The molecule has 0 bridgehead atoms. The molecular weight excluding hydrogens is 464 g/mol.